The van der Waals surface area contributed by atoms with Gasteiger partial charge in [-0.3, -0.25) is 14.4 Å². The molecule has 4 rings (SSSR count). The van der Waals surface area contributed by atoms with Gasteiger partial charge < -0.3 is 14.6 Å². The lowest BCUT2D eigenvalue weighted by Crippen LogP contribution is -2.18. The second-order valence-electron chi connectivity index (χ2n) is 7.71. The summed E-state index contributed by atoms with van der Waals surface area (Å²) >= 11 is 0. The van der Waals surface area contributed by atoms with Crippen molar-refractivity contribution in [2.75, 3.05) is 26.2 Å². The number of aliphatic imine (C=N–C) groups is 1. The highest BCUT2D eigenvalue weighted by molar-refractivity contribution is 5.83. The van der Waals surface area contributed by atoms with Crippen molar-refractivity contribution in [3.63, 3.8) is 0 Å². The largest absolute Gasteiger partial charge is 0.491 e. The predicted octanol–water partition coefficient (Wildman–Crippen LogP) is 3.20. The molecule has 0 aliphatic carbocycles. The van der Waals surface area contributed by atoms with Crippen molar-refractivity contribution >= 4 is 17.2 Å². The molecule has 1 N–H and O–H groups in total. The van der Waals surface area contributed by atoms with Gasteiger partial charge in [-0.15, -0.1) is 0 Å². The van der Waals surface area contributed by atoms with Gasteiger partial charge in [0, 0.05) is 49.4 Å². The number of allylic oxidation sites excluding steroid dienone is 3. The molecule has 7 nitrogen and oxygen atoms in total. The van der Waals surface area contributed by atoms with Gasteiger partial charge in [-0.25, -0.2) is 13.8 Å². The Morgan fingerprint density at radius 2 is 2.12 bits per heavy atom. The van der Waals surface area contributed by atoms with Crippen molar-refractivity contribution in [2.24, 2.45) is 12.0 Å². The van der Waals surface area contributed by atoms with E-state index in [1.54, 1.807) is 12.3 Å². The maximum absolute atomic E-state index is 13.2. The van der Waals surface area contributed by atoms with Crippen LogP contribution in [0.4, 0.5) is 8.78 Å². The predicted molar refractivity (Wildman–Crippen MR) is 125 cm³/mol. The lowest BCUT2D eigenvalue weighted by Gasteiger charge is -2.09. The normalized spacial score (nSPS) is 14.5. The smallest absolute Gasteiger partial charge is 0.259 e. The molecule has 0 spiro atoms. The van der Waals surface area contributed by atoms with Crippen molar-refractivity contribution in [2.45, 2.75) is 12.8 Å². The number of halogens is 2. The fraction of sp³-hybridized carbons (Fsp3) is 0.292. The van der Waals surface area contributed by atoms with Crippen LogP contribution in [0.3, 0.4) is 0 Å². The Morgan fingerprint density at radius 3 is 2.91 bits per heavy atom. The van der Waals surface area contributed by atoms with E-state index >= 15 is 0 Å². The fourth-order valence-electron chi connectivity index (χ4n) is 3.99. The second-order valence-corrected chi connectivity index (χ2v) is 7.71. The first-order chi connectivity index (χ1) is 15.9. The van der Waals surface area contributed by atoms with E-state index in [-0.39, 0.29) is 18.7 Å². The molecule has 0 bridgehead atoms. The summed E-state index contributed by atoms with van der Waals surface area (Å²) in [4.78, 5) is 21.2. The fourth-order valence-corrected chi connectivity index (χ4v) is 3.99. The zero-order valence-electron chi connectivity index (χ0n) is 18.4. The monoisotopic (exact) mass is 453 g/mol. The Hall–Kier alpha value is -3.59. The number of nitrogens with one attached hydrogen (secondary N) is 1. The van der Waals surface area contributed by atoms with Gasteiger partial charge in [-0.1, -0.05) is 6.58 Å². The molecule has 33 heavy (non-hydrogen) atoms. The zero-order valence-corrected chi connectivity index (χ0v) is 18.4. The van der Waals surface area contributed by atoms with Crippen LogP contribution in [0.25, 0.3) is 16.9 Å². The molecule has 172 valence electrons. The van der Waals surface area contributed by atoms with Gasteiger partial charge in [0.1, 0.15) is 35.5 Å². The molecule has 0 saturated carbocycles. The number of pyridine rings is 2. The van der Waals surface area contributed by atoms with Crippen molar-refractivity contribution in [1.29, 1.82) is 0 Å². The molecule has 0 fully saturated rings. The molecule has 1 aliphatic heterocycles. The average Bonchev–Trinajstić information content (AvgIpc) is 2.93. The van der Waals surface area contributed by atoms with Crippen LogP contribution >= 0.6 is 0 Å². The van der Waals surface area contributed by atoms with Gasteiger partial charge in [-0.2, -0.15) is 0 Å². The van der Waals surface area contributed by atoms with E-state index in [9.17, 15) is 13.6 Å². The van der Waals surface area contributed by atoms with Gasteiger partial charge in [0.25, 0.3) is 5.56 Å². The van der Waals surface area contributed by atoms with E-state index in [4.69, 9.17) is 9.72 Å². The summed E-state index contributed by atoms with van der Waals surface area (Å²) in [5, 5.41) is 4.54. The molecular weight excluding hydrogens is 428 g/mol. The summed E-state index contributed by atoms with van der Waals surface area (Å²) in [5.41, 5.74) is 3.18. The molecule has 9 heteroatoms. The number of aromatic nitrogens is 3. The minimum atomic E-state index is -0.885. The molecule has 0 saturated heterocycles. The summed E-state index contributed by atoms with van der Waals surface area (Å²) < 4.78 is 34.7. The van der Waals surface area contributed by atoms with Crippen molar-refractivity contribution in [3.8, 4) is 11.6 Å². The topological polar surface area (TPSA) is 73.4 Å². The highest BCUT2D eigenvalue weighted by Crippen LogP contribution is 2.27. The van der Waals surface area contributed by atoms with E-state index in [2.05, 4.69) is 21.5 Å². The number of hydrogen-bond donors (Lipinski definition) is 1. The van der Waals surface area contributed by atoms with Gasteiger partial charge >= 0.3 is 0 Å². The third-order valence-corrected chi connectivity index (χ3v) is 5.48. The SMILES string of the molecule is C=C(F)/C=C(/F)C=NCCOc1ccn(-c2ccc3c4c(n(C)c3n2)CCNCC4)c(=O)c1. The maximum Gasteiger partial charge on any atom is 0.259 e. The molecule has 4 heterocycles. The van der Waals surface area contributed by atoms with Crippen LogP contribution in [0.2, 0.25) is 0 Å². The van der Waals surface area contributed by atoms with E-state index in [1.807, 2.05) is 19.2 Å². The quantitative estimate of drug-likeness (QED) is 0.339. The molecule has 0 amide bonds. The molecule has 0 unspecified atom stereocenters. The van der Waals surface area contributed by atoms with Gasteiger partial charge in [0.15, 0.2) is 0 Å². The molecule has 0 radical (unpaired) electrons. The lowest BCUT2D eigenvalue weighted by molar-refractivity contribution is 0.328. The Labute approximate surface area is 189 Å². The summed E-state index contributed by atoms with van der Waals surface area (Å²) in [7, 11) is 2.01. The summed E-state index contributed by atoms with van der Waals surface area (Å²) in [5.74, 6) is -0.808. The number of ether oxygens (including phenoxy) is 1. The Kier molecular flexibility index (Phi) is 6.79. The standard InChI is InChI=1S/C24H25F2N5O2/c1-16(25)13-17(26)15-28-10-12-33-18-7-11-31(23(32)14-18)22-4-3-20-19-5-8-27-9-6-21(19)30(2)24(20)29-22/h3-4,7,11,13-15,27H,1,5-6,8-10,12H2,2H3/b17-13+,28-15?. The van der Waals surface area contributed by atoms with Crippen LogP contribution in [-0.4, -0.2) is 46.6 Å². The van der Waals surface area contributed by atoms with Crippen LogP contribution in [0.5, 0.6) is 5.75 Å². The third kappa shape index (κ3) is 5.09. The molecule has 3 aromatic rings. The lowest BCUT2D eigenvalue weighted by atomic mass is 10.1. The minimum absolute atomic E-state index is 0.137. The third-order valence-electron chi connectivity index (χ3n) is 5.48. The molecule has 3 aromatic heterocycles. The molecule has 0 atom stereocenters. The number of fused-ring (bicyclic) bond motifs is 3. The van der Waals surface area contributed by atoms with Gasteiger partial charge in [0.05, 0.1) is 12.8 Å². The number of rotatable bonds is 7. The number of nitrogens with zero attached hydrogens (tertiary/aromatic N) is 4. The first-order valence-electron chi connectivity index (χ1n) is 10.7. The van der Waals surface area contributed by atoms with Crippen LogP contribution in [0, 0.1) is 0 Å². The Bertz CT molecular complexity index is 1310. The number of hydrogen-bond acceptors (Lipinski definition) is 5. The van der Waals surface area contributed by atoms with Crippen LogP contribution in [0.1, 0.15) is 11.3 Å². The van der Waals surface area contributed by atoms with Crippen molar-refractivity contribution in [1.82, 2.24) is 19.4 Å². The highest BCUT2D eigenvalue weighted by Gasteiger charge is 2.18. The van der Waals surface area contributed by atoms with Crippen LogP contribution in [-0.2, 0) is 19.9 Å². The Morgan fingerprint density at radius 1 is 1.30 bits per heavy atom. The average molecular weight is 453 g/mol. The summed E-state index contributed by atoms with van der Waals surface area (Å²) in [6, 6.07) is 6.92. The first-order valence-corrected chi connectivity index (χ1v) is 10.7. The van der Waals surface area contributed by atoms with E-state index in [1.165, 1.54) is 21.9 Å². The van der Waals surface area contributed by atoms with Crippen molar-refractivity contribution < 1.29 is 13.5 Å². The minimum Gasteiger partial charge on any atom is -0.491 e. The van der Waals surface area contributed by atoms with Crippen LogP contribution in [0.15, 0.2) is 64.6 Å². The highest BCUT2D eigenvalue weighted by atomic mass is 19.1. The zero-order chi connectivity index (χ0) is 23.4. The molecule has 0 aromatic carbocycles. The first kappa shape index (κ1) is 22.6. The van der Waals surface area contributed by atoms with Crippen LogP contribution < -0.4 is 15.6 Å². The summed E-state index contributed by atoms with van der Waals surface area (Å²) in [6.45, 7) is 5.11. The molecular formula is C24H25F2N5O2. The maximum atomic E-state index is 13.2. The van der Waals surface area contributed by atoms with E-state index in [0.29, 0.717) is 17.6 Å². The van der Waals surface area contributed by atoms with Gasteiger partial charge in [-0.05, 0) is 36.7 Å². The number of aryl methyl sites for hydroxylation is 1. The van der Waals surface area contributed by atoms with Gasteiger partial charge in [0.2, 0.25) is 0 Å². The Balaban J connectivity index is 1.48. The van der Waals surface area contributed by atoms with E-state index in [0.717, 1.165) is 43.2 Å². The summed E-state index contributed by atoms with van der Waals surface area (Å²) in [6.07, 6.45) is 5.05. The molecule has 1 aliphatic rings. The second kappa shape index (κ2) is 9.91. The van der Waals surface area contributed by atoms with E-state index < -0.39 is 11.7 Å². The van der Waals surface area contributed by atoms with Crippen molar-refractivity contribution in [3.05, 3.63) is 76.4 Å².